The first kappa shape index (κ1) is 80.8. The molecule has 0 saturated heterocycles. The van der Waals surface area contributed by atoms with Crippen LogP contribution in [0.1, 0.15) is 171 Å². The van der Waals surface area contributed by atoms with Gasteiger partial charge in [-0.25, -0.2) is 0 Å². The van der Waals surface area contributed by atoms with Crippen LogP contribution < -0.4 is 70.1 Å². The molecule has 0 radical (unpaired) electrons. The smallest absolute Gasteiger partial charge is 0.293 e. The number of hydrogen-bond donors (Lipinski definition) is 12. The molecule has 604 valence electrons. The molecule has 11 aromatic rings. The third-order valence-electron chi connectivity index (χ3n) is 25.8. The van der Waals surface area contributed by atoms with Crippen LogP contribution >= 0.6 is 24.0 Å². The first-order valence-electron chi connectivity index (χ1n) is 42.0. The summed E-state index contributed by atoms with van der Waals surface area (Å²) in [6.45, 7) is 23.2. The molecule has 4 spiro atoms. The van der Waals surface area contributed by atoms with Gasteiger partial charge in [-0.2, -0.15) is 0 Å². The fraction of sp³-hybridized carbons (Fsp3) is 0.398. The van der Waals surface area contributed by atoms with E-state index in [2.05, 4.69) is 228 Å². The number of aliphatic hydroxyl groups excluding tert-OH is 1. The molecule has 5 saturated carbocycles. The Bertz CT molecular complexity index is 5610. The first-order valence-corrected chi connectivity index (χ1v) is 42.0. The lowest BCUT2D eigenvalue weighted by atomic mass is 9.74. The summed E-state index contributed by atoms with van der Waals surface area (Å²) in [5.74, 6) is 5.71. The number of carbonyl (C=O) groups is 1. The molecule has 10 aliphatic rings. The third kappa shape index (κ3) is 15.7. The van der Waals surface area contributed by atoms with E-state index in [1.807, 2.05) is 48.5 Å². The second kappa shape index (κ2) is 31.9. The standard InChI is InChI=1S/C40H42N4O2.2C18H22N2.C10H10N2.C8H14O.C4H2O4.HI/c1-21-15-22(2)18-39(17-21)41-29-9-5-7-25-11-13-27(35(43-39)31(25)29)33-37(45)34(38(33)46)28-14-12-26-8-6-10-30-32(26)36(28)44-40(42-30)19-23(3)16-24(4)20-40;2*1-12-9-13(2)11-18(10-12)19-15-7-3-5-14-6-4-8-16(20-18)17(14)15;11-8-5-1-3-7-4-2-6-9(12)10(7)8;1-6-3-7(2)5-8(9)4-6;5-1-2(6)4(8)3(1)7;/h5-14,21-24,41-43,45H,15-20H2,1-4H3;2*3-8,12-13,19-20H,9-11H2,1-2H3;1-6H,11-12H2;6-7H,3-5H2,1-2H3;5-6H;1H/p+1. The Morgan fingerprint density at radius 2 is 0.681 bits per heavy atom. The number of ketones is 2. The highest BCUT2D eigenvalue weighted by Crippen LogP contribution is 2.53. The van der Waals surface area contributed by atoms with Crippen molar-refractivity contribution in [3.05, 3.63) is 212 Å². The second-order valence-corrected chi connectivity index (χ2v) is 36.9. The first-order chi connectivity index (χ1) is 55.0. The SMILES string of the molecule is CC1CC(=[OH+])CC(C)C1.CC1CC(C)CC2(C1)N=c1c(=C3C(=O)C(c4ccc5cccc6c5c4NC4(CC(C)CC(C)C4)N6)=C3O)ccc3cccc(c13)N2.CC1CC(C)CC2(C1)Nc1cccc3cccc(c13)N2.CC1CC(C)CC2(C1)Nc1cccc3cccc(c13)N2.I.Nc1cccc2cccc(N)c12.O=c1c(O)c(O)c1=O. The Balaban J connectivity index is 0.000000125. The van der Waals surface area contributed by atoms with Crippen molar-refractivity contribution in [3.63, 3.8) is 0 Å². The number of Topliss-reactive ketones (excluding diaryl/α,β-unsaturated/α-hetero) is 1. The fourth-order valence-corrected chi connectivity index (χ4v) is 22.5. The van der Waals surface area contributed by atoms with Crippen LogP contribution in [0.5, 0.6) is 11.5 Å². The van der Waals surface area contributed by atoms with Gasteiger partial charge in [0.2, 0.25) is 17.3 Å². The van der Waals surface area contributed by atoms with Crippen molar-refractivity contribution in [2.75, 3.05) is 48.7 Å². The highest BCUT2D eigenvalue weighted by Gasteiger charge is 2.47. The van der Waals surface area contributed by atoms with Crippen molar-refractivity contribution in [1.82, 2.24) is 0 Å². The van der Waals surface area contributed by atoms with Crippen molar-refractivity contribution in [2.24, 2.45) is 64.2 Å². The number of allylic oxidation sites excluding steroid dienone is 2. The molecule has 11 aromatic carbocycles. The van der Waals surface area contributed by atoms with Crippen LogP contribution in [0.25, 0.3) is 65.0 Å². The van der Waals surface area contributed by atoms with E-state index >= 15 is 0 Å². The van der Waals surface area contributed by atoms with E-state index in [1.54, 1.807) is 0 Å². The fourth-order valence-electron chi connectivity index (χ4n) is 22.5. The number of carbonyl (C=O) groups excluding carboxylic acids is 2. The molecule has 6 aliphatic carbocycles. The minimum absolute atomic E-state index is 0. The molecule has 10 atom stereocenters. The van der Waals surface area contributed by atoms with E-state index in [-0.39, 0.29) is 52.5 Å². The number of nitrogens with two attached hydrogens (primary N) is 2. The summed E-state index contributed by atoms with van der Waals surface area (Å²) in [6, 6.07) is 58.6. The molecule has 4 aliphatic heterocycles. The van der Waals surface area contributed by atoms with Gasteiger partial charge in [-0.1, -0.05) is 191 Å². The minimum atomic E-state index is -1.01. The van der Waals surface area contributed by atoms with Crippen LogP contribution in [0.4, 0.5) is 51.2 Å². The lowest BCUT2D eigenvalue weighted by Gasteiger charge is -2.48. The number of aliphatic hydroxyl groups is 1. The van der Waals surface area contributed by atoms with E-state index in [1.165, 1.54) is 102 Å². The Morgan fingerprint density at radius 1 is 0.362 bits per heavy atom. The number of halogens is 1. The number of rotatable bonds is 1. The number of benzene rings is 10. The summed E-state index contributed by atoms with van der Waals surface area (Å²) < 4.78 is 0. The van der Waals surface area contributed by atoms with Gasteiger partial charge in [-0.05, 0) is 218 Å². The van der Waals surface area contributed by atoms with Gasteiger partial charge in [0.05, 0.1) is 35.0 Å². The average Bonchev–Trinajstić information content (AvgIpc) is 0.713. The summed E-state index contributed by atoms with van der Waals surface area (Å²) >= 11 is 0. The van der Waals surface area contributed by atoms with E-state index in [0.717, 1.165) is 139 Å². The van der Waals surface area contributed by atoms with E-state index in [4.69, 9.17) is 31.5 Å². The topological polar surface area (TPSA) is 282 Å². The quantitative estimate of drug-likeness (QED) is 0.0315. The van der Waals surface area contributed by atoms with Crippen molar-refractivity contribution >= 4 is 152 Å². The van der Waals surface area contributed by atoms with Crippen LogP contribution in [0.2, 0.25) is 0 Å². The predicted molar refractivity (Wildman–Crippen MR) is 492 cm³/mol. The molecular formula is C98H114IN10O7+. The van der Waals surface area contributed by atoms with Crippen molar-refractivity contribution in [1.29, 1.82) is 0 Å². The minimum Gasteiger partial charge on any atom is -0.506 e. The number of nitrogen functional groups attached to an aromatic ring is 2. The van der Waals surface area contributed by atoms with Crippen LogP contribution in [-0.4, -0.2) is 54.3 Å². The maximum atomic E-state index is 14.4. The summed E-state index contributed by atoms with van der Waals surface area (Å²) in [4.78, 5) is 48.9. The van der Waals surface area contributed by atoms with Gasteiger partial charge in [0.1, 0.15) is 28.4 Å². The van der Waals surface area contributed by atoms with Crippen LogP contribution in [0, 0.1) is 59.2 Å². The Morgan fingerprint density at radius 3 is 1.05 bits per heavy atom. The maximum absolute atomic E-state index is 14.4. The average molecular weight is 1670 g/mol. The molecule has 0 bridgehead atoms. The van der Waals surface area contributed by atoms with Gasteiger partial charge in [-0.3, -0.25) is 24.2 Å². The molecular weight excluding hydrogens is 1560 g/mol. The molecule has 10 unspecified atom stereocenters. The van der Waals surface area contributed by atoms with Gasteiger partial charge < -0.3 is 64.0 Å². The zero-order valence-corrected chi connectivity index (χ0v) is 70.9. The third-order valence-corrected chi connectivity index (χ3v) is 25.8. The number of nitrogens with zero attached hydrogens (tertiary/aromatic N) is 1. The molecule has 116 heavy (non-hydrogen) atoms. The summed E-state index contributed by atoms with van der Waals surface area (Å²) in [5.41, 5.74) is 20.2. The van der Waals surface area contributed by atoms with Gasteiger partial charge >= 0.3 is 0 Å². The monoisotopic (exact) mass is 1670 g/mol. The van der Waals surface area contributed by atoms with Crippen LogP contribution in [0.3, 0.4) is 0 Å². The van der Waals surface area contributed by atoms with E-state index < -0.39 is 28.0 Å². The summed E-state index contributed by atoms with van der Waals surface area (Å²) in [7, 11) is 0. The van der Waals surface area contributed by atoms with Gasteiger partial charge in [0, 0.05) is 83.2 Å². The number of anilines is 9. The second-order valence-electron chi connectivity index (χ2n) is 36.9. The largest absolute Gasteiger partial charge is 0.506 e. The number of hydrogen-bond acceptors (Lipinski definition) is 16. The molecule has 0 amide bonds. The Labute approximate surface area is 696 Å². The lowest BCUT2D eigenvalue weighted by molar-refractivity contribution is -0.109. The Hall–Kier alpha value is -10.3. The normalized spacial score (nSPS) is 26.9. The maximum Gasteiger partial charge on any atom is 0.293 e. The number of aromatic hydroxyl groups is 2. The molecule has 5 fully saturated rings. The number of fused-ring (bicyclic) bond motifs is 1. The molecule has 17 nitrogen and oxygen atoms in total. The van der Waals surface area contributed by atoms with E-state index in [0.29, 0.717) is 52.4 Å². The molecule has 21 rings (SSSR count). The zero-order chi connectivity index (χ0) is 80.7. The molecule has 18 heteroatoms. The highest BCUT2D eigenvalue weighted by atomic mass is 127. The molecule has 0 aromatic heterocycles. The summed E-state index contributed by atoms with van der Waals surface area (Å²) in [5, 5.41) is 68.5. The highest BCUT2D eigenvalue weighted by molar-refractivity contribution is 14.0. The van der Waals surface area contributed by atoms with E-state index in [9.17, 15) is 19.5 Å². The van der Waals surface area contributed by atoms with Crippen LogP contribution in [0.15, 0.2) is 190 Å². The lowest BCUT2D eigenvalue weighted by Crippen LogP contribution is -2.53. The zero-order valence-electron chi connectivity index (χ0n) is 68.6. The summed E-state index contributed by atoms with van der Waals surface area (Å²) in [6.07, 6.45) is 16.9. The van der Waals surface area contributed by atoms with Crippen molar-refractivity contribution < 1.29 is 24.9 Å². The van der Waals surface area contributed by atoms with Crippen LogP contribution in [-0.2, 0) is 4.79 Å². The van der Waals surface area contributed by atoms with Crippen molar-refractivity contribution in [2.45, 2.75) is 188 Å². The Kier molecular flexibility index (Phi) is 22.3. The number of nitrogens with one attached hydrogen (secondary N) is 7. The predicted octanol–water partition coefficient (Wildman–Crippen LogP) is 20.8. The van der Waals surface area contributed by atoms with Crippen molar-refractivity contribution in [3.8, 4) is 11.5 Å². The molecule has 4 heterocycles. The van der Waals surface area contributed by atoms with Gasteiger partial charge in [-0.15, -0.1) is 24.0 Å². The van der Waals surface area contributed by atoms with Gasteiger partial charge in [0.15, 0.2) is 0 Å². The van der Waals surface area contributed by atoms with Gasteiger partial charge in [0.25, 0.3) is 16.6 Å². The molecule has 15 N–H and O–H groups in total.